The SMILES string of the molecule is CCCn1ncc(OC)c1C(O)Cc1nc(C)cs1. The summed E-state index contributed by atoms with van der Waals surface area (Å²) in [6, 6.07) is 0. The molecule has 2 heterocycles. The maximum atomic E-state index is 10.4. The molecule has 6 heteroatoms. The number of aliphatic hydroxyl groups is 1. The summed E-state index contributed by atoms with van der Waals surface area (Å²) < 4.78 is 7.09. The van der Waals surface area contributed by atoms with Crippen LogP contribution in [0.1, 0.15) is 35.8 Å². The minimum absolute atomic E-state index is 0.490. The molecule has 1 N–H and O–H groups in total. The maximum Gasteiger partial charge on any atom is 0.162 e. The Morgan fingerprint density at radius 3 is 2.89 bits per heavy atom. The van der Waals surface area contributed by atoms with Crippen molar-refractivity contribution in [3.63, 3.8) is 0 Å². The third-order valence-electron chi connectivity index (χ3n) is 2.85. The van der Waals surface area contributed by atoms with Gasteiger partial charge in [-0.3, -0.25) is 4.68 Å². The van der Waals surface area contributed by atoms with Gasteiger partial charge in [-0.15, -0.1) is 11.3 Å². The molecule has 0 aliphatic heterocycles. The van der Waals surface area contributed by atoms with E-state index in [2.05, 4.69) is 17.0 Å². The van der Waals surface area contributed by atoms with Gasteiger partial charge in [-0.1, -0.05) is 6.92 Å². The molecule has 2 aromatic rings. The molecule has 19 heavy (non-hydrogen) atoms. The highest BCUT2D eigenvalue weighted by Crippen LogP contribution is 2.28. The summed E-state index contributed by atoms with van der Waals surface area (Å²) in [6.45, 7) is 4.80. The molecule has 1 atom stereocenters. The lowest BCUT2D eigenvalue weighted by atomic mass is 10.2. The van der Waals surface area contributed by atoms with E-state index < -0.39 is 6.10 Å². The molecule has 2 rings (SSSR count). The topological polar surface area (TPSA) is 60.2 Å². The molecule has 0 saturated carbocycles. The summed E-state index contributed by atoms with van der Waals surface area (Å²) in [6.07, 6.45) is 2.46. The Morgan fingerprint density at radius 2 is 2.32 bits per heavy atom. The van der Waals surface area contributed by atoms with Gasteiger partial charge in [0.1, 0.15) is 11.8 Å². The Labute approximate surface area is 116 Å². The lowest BCUT2D eigenvalue weighted by molar-refractivity contribution is 0.162. The van der Waals surface area contributed by atoms with Crippen molar-refractivity contribution in [3.05, 3.63) is 28.0 Å². The number of thiazole rings is 1. The van der Waals surface area contributed by atoms with E-state index in [4.69, 9.17) is 4.74 Å². The van der Waals surface area contributed by atoms with E-state index in [1.165, 1.54) is 0 Å². The van der Waals surface area contributed by atoms with E-state index >= 15 is 0 Å². The van der Waals surface area contributed by atoms with Gasteiger partial charge >= 0.3 is 0 Å². The monoisotopic (exact) mass is 281 g/mol. The van der Waals surface area contributed by atoms with E-state index in [-0.39, 0.29) is 0 Å². The number of aryl methyl sites for hydroxylation is 2. The van der Waals surface area contributed by atoms with Crippen LogP contribution in [-0.2, 0) is 13.0 Å². The van der Waals surface area contributed by atoms with Crippen molar-refractivity contribution in [3.8, 4) is 5.75 Å². The van der Waals surface area contributed by atoms with Gasteiger partial charge in [0, 0.05) is 24.0 Å². The van der Waals surface area contributed by atoms with Crippen LogP contribution in [0.5, 0.6) is 5.75 Å². The second kappa shape index (κ2) is 6.16. The van der Waals surface area contributed by atoms with Gasteiger partial charge in [0.2, 0.25) is 0 Å². The zero-order valence-corrected chi connectivity index (χ0v) is 12.3. The van der Waals surface area contributed by atoms with Crippen LogP contribution >= 0.6 is 11.3 Å². The van der Waals surface area contributed by atoms with E-state index in [9.17, 15) is 5.11 Å². The number of methoxy groups -OCH3 is 1. The van der Waals surface area contributed by atoms with Crippen molar-refractivity contribution in [2.75, 3.05) is 7.11 Å². The van der Waals surface area contributed by atoms with Gasteiger partial charge in [0.25, 0.3) is 0 Å². The predicted molar refractivity (Wildman–Crippen MR) is 74.6 cm³/mol. The smallest absolute Gasteiger partial charge is 0.162 e. The highest BCUT2D eigenvalue weighted by Gasteiger charge is 2.21. The van der Waals surface area contributed by atoms with Gasteiger partial charge in [-0.05, 0) is 13.3 Å². The first kappa shape index (κ1) is 14.0. The normalized spacial score (nSPS) is 12.6. The molecule has 0 aliphatic rings. The Hall–Kier alpha value is -1.40. The minimum atomic E-state index is -0.644. The van der Waals surface area contributed by atoms with Crippen LogP contribution in [0.2, 0.25) is 0 Å². The lowest BCUT2D eigenvalue weighted by Gasteiger charge is -2.13. The molecule has 0 aliphatic carbocycles. The number of aromatic nitrogens is 3. The van der Waals surface area contributed by atoms with Gasteiger partial charge in [-0.2, -0.15) is 5.10 Å². The number of hydrogen-bond acceptors (Lipinski definition) is 5. The fourth-order valence-electron chi connectivity index (χ4n) is 2.02. The lowest BCUT2D eigenvalue weighted by Crippen LogP contribution is -2.12. The third kappa shape index (κ3) is 3.13. The summed E-state index contributed by atoms with van der Waals surface area (Å²) in [5.41, 5.74) is 1.72. The van der Waals surface area contributed by atoms with Crippen molar-refractivity contribution < 1.29 is 9.84 Å². The van der Waals surface area contributed by atoms with Crippen LogP contribution in [0.25, 0.3) is 0 Å². The molecule has 0 aromatic carbocycles. The Morgan fingerprint density at radius 1 is 1.53 bits per heavy atom. The van der Waals surface area contributed by atoms with Crippen molar-refractivity contribution in [2.24, 2.45) is 0 Å². The summed E-state index contributed by atoms with van der Waals surface area (Å²) >= 11 is 1.57. The van der Waals surface area contributed by atoms with Crippen LogP contribution in [0, 0.1) is 6.92 Å². The molecule has 2 aromatic heterocycles. The molecule has 5 nitrogen and oxygen atoms in total. The largest absolute Gasteiger partial charge is 0.493 e. The molecule has 0 bridgehead atoms. The Balaban J connectivity index is 2.21. The Bertz CT molecular complexity index is 536. The number of nitrogens with zero attached hydrogens (tertiary/aromatic N) is 3. The average Bonchev–Trinajstić information content (AvgIpc) is 2.96. The van der Waals surface area contributed by atoms with Gasteiger partial charge in [0.15, 0.2) is 5.75 Å². The summed E-state index contributed by atoms with van der Waals surface area (Å²) in [5.74, 6) is 0.634. The van der Waals surface area contributed by atoms with Crippen LogP contribution in [0.4, 0.5) is 0 Å². The summed E-state index contributed by atoms with van der Waals surface area (Å²) in [4.78, 5) is 4.38. The highest BCUT2D eigenvalue weighted by atomic mass is 32.1. The number of ether oxygens (including phenoxy) is 1. The zero-order valence-electron chi connectivity index (χ0n) is 11.5. The minimum Gasteiger partial charge on any atom is -0.493 e. The number of aliphatic hydroxyl groups excluding tert-OH is 1. The van der Waals surface area contributed by atoms with E-state index in [0.29, 0.717) is 12.2 Å². The van der Waals surface area contributed by atoms with Crippen molar-refractivity contribution in [2.45, 2.75) is 39.3 Å². The number of hydrogen-bond donors (Lipinski definition) is 1. The quantitative estimate of drug-likeness (QED) is 0.883. The third-order valence-corrected chi connectivity index (χ3v) is 3.84. The molecule has 1 unspecified atom stereocenters. The fourth-order valence-corrected chi connectivity index (χ4v) is 2.83. The van der Waals surface area contributed by atoms with Crippen molar-refractivity contribution in [1.29, 1.82) is 0 Å². The van der Waals surface area contributed by atoms with Crippen molar-refractivity contribution >= 4 is 11.3 Å². The average molecular weight is 281 g/mol. The first-order valence-electron chi connectivity index (χ1n) is 6.34. The molecular formula is C13H19N3O2S. The van der Waals surface area contributed by atoms with E-state index in [0.717, 1.165) is 29.4 Å². The molecule has 0 saturated heterocycles. The second-order valence-corrected chi connectivity index (χ2v) is 5.37. The van der Waals surface area contributed by atoms with Gasteiger partial charge in [0.05, 0.1) is 18.3 Å². The van der Waals surface area contributed by atoms with Crippen LogP contribution in [0.15, 0.2) is 11.6 Å². The van der Waals surface area contributed by atoms with Crippen LogP contribution in [0.3, 0.4) is 0 Å². The van der Waals surface area contributed by atoms with E-state index in [1.54, 1.807) is 24.6 Å². The van der Waals surface area contributed by atoms with Crippen LogP contribution < -0.4 is 4.74 Å². The predicted octanol–water partition coefficient (Wildman–Crippen LogP) is 2.34. The zero-order chi connectivity index (χ0) is 13.8. The molecule has 0 spiro atoms. The Kier molecular flexibility index (Phi) is 4.55. The first-order valence-corrected chi connectivity index (χ1v) is 7.22. The maximum absolute atomic E-state index is 10.4. The van der Waals surface area contributed by atoms with Gasteiger partial charge < -0.3 is 9.84 Å². The molecule has 0 radical (unpaired) electrons. The fraction of sp³-hybridized carbons (Fsp3) is 0.538. The first-order chi connectivity index (χ1) is 9.15. The van der Waals surface area contributed by atoms with Crippen LogP contribution in [-0.4, -0.2) is 27.0 Å². The molecule has 0 amide bonds. The number of rotatable bonds is 6. The highest BCUT2D eigenvalue weighted by molar-refractivity contribution is 7.09. The summed E-state index contributed by atoms with van der Waals surface area (Å²) in [7, 11) is 1.59. The molecule has 0 fully saturated rings. The molecular weight excluding hydrogens is 262 g/mol. The van der Waals surface area contributed by atoms with Gasteiger partial charge in [-0.25, -0.2) is 4.98 Å². The molecule has 104 valence electrons. The summed E-state index contributed by atoms with van der Waals surface area (Å²) in [5, 5.41) is 17.6. The van der Waals surface area contributed by atoms with Crippen molar-refractivity contribution in [1.82, 2.24) is 14.8 Å². The second-order valence-electron chi connectivity index (χ2n) is 4.42. The standard InChI is InChI=1S/C13H19N3O2S/c1-4-5-16-13(11(18-3)7-14-16)10(17)6-12-15-9(2)8-19-12/h7-8,10,17H,4-6H2,1-3H3. The van der Waals surface area contributed by atoms with E-state index in [1.807, 2.05) is 17.0 Å².